The van der Waals surface area contributed by atoms with E-state index in [0.717, 1.165) is 0 Å². The summed E-state index contributed by atoms with van der Waals surface area (Å²) in [6.07, 6.45) is -4.82. The van der Waals surface area contributed by atoms with Crippen LogP contribution in [0.15, 0.2) is 12.1 Å². The van der Waals surface area contributed by atoms with Crippen LogP contribution in [0.2, 0.25) is 0 Å². The van der Waals surface area contributed by atoms with Gasteiger partial charge in [0.05, 0.1) is 15.4 Å². The maximum Gasteiger partial charge on any atom is 0.416 e. The minimum Gasteiger partial charge on any atom is -0.396 e. The first-order valence-corrected chi connectivity index (χ1v) is 5.57. The molecule has 0 aliphatic rings. The molecule has 0 saturated heterocycles. The zero-order valence-electron chi connectivity index (χ0n) is 10.4. The number of hydrogen-bond acceptors (Lipinski definition) is 6. The molecule has 0 unspecified atom stereocenters. The maximum atomic E-state index is 12.6. The molecule has 1 rings (SSSR count). The van der Waals surface area contributed by atoms with Gasteiger partial charge in [0.1, 0.15) is 0 Å². The average molecular weight is 309 g/mol. The Hall–Kier alpha value is -2.43. The van der Waals surface area contributed by atoms with Crippen molar-refractivity contribution in [2.45, 2.75) is 12.6 Å². The average Bonchev–Trinajstić information content (AvgIpc) is 2.36. The molecule has 21 heavy (non-hydrogen) atoms. The minimum atomic E-state index is -4.95. The first-order valence-electron chi connectivity index (χ1n) is 5.57. The first-order chi connectivity index (χ1) is 9.68. The Labute approximate surface area is 115 Å². The Kier molecular flexibility index (Phi) is 5.02. The second-order valence-electron chi connectivity index (χ2n) is 3.91. The zero-order valence-corrected chi connectivity index (χ0v) is 10.4. The summed E-state index contributed by atoms with van der Waals surface area (Å²) < 4.78 is 37.8. The highest BCUT2D eigenvalue weighted by molar-refractivity contribution is 5.75. The Morgan fingerprint density at radius 3 is 1.95 bits per heavy atom. The van der Waals surface area contributed by atoms with E-state index in [1.165, 1.54) is 0 Å². The number of rotatable bonds is 6. The SMILES string of the molecule is O=[N+]([O-])c1cc(C(F)(F)F)cc([N+](=O)[O-])c1NCCCO. The van der Waals surface area contributed by atoms with E-state index >= 15 is 0 Å². The maximum absolute atomic E-state index is 12.6. The van der Waals surface area contributed by atoms with E-state index in [9.17, 15) is 33.4 Å². The molecule has 0 aliphatic carbocycles. The van der Waals surface area contributed by atoms with Crippen LogP contribution in [0.25, 0.3) is 0 Å². The van der Waals surface area contributed by atoms with Gasteiger partial charge in [-0.3, -0.25) is 20.2 Å². The third-order valence-electron chi connectivity index (χ3n) is 2.45. The fourth-order valence-corrected chi connectivity index (χ4v) is 1.54. The Morgan fingerprint density at radius 1 is 1.14 bits per heavy atom. The molecule has 0 heterocycles. The zero-order chi connectivity index (χ0) is 16.2. The number of benzene rings is 1. The number of nitrogens with zero attached hydrogens (tertiary/aromatic N) is 2. The summed E-state index contributed by atoms with van der Waals surface area (Å²) in [5, 5.41) is 32.6. The molecular weight excluding hydrogens is 299 g/mol. The molecule has 0 fully saturated rings. The molecule has 0 radical (unpaired) electrons. The standard InChI is InChI=1S/C10H10F3N3O5/c11-10(12,13)6-4-7(15(18)19)9(14-2-1-3-17)8(5-6)16(20)21/h4-5,14,17H,1-3H2. The summed E-state index contributed by atoms with van der Waals surface area (Å²) in [5.74, 6) is 0. The van der Waals surface area contributed by atoms with Gasteiger partial charge in [-0.15, -0.1) is 0 Å². The number of hydrogen-bond donors (Lipinski definition) is 2. The molecule has 0 bridgehead atoms. The monoisotopic (exact) mass is 309 g/mol. The number of halogens is 3. The summed E-state index contributed by atoms with van der Waals surface area (Å²) in [6.45, 7) is -0.348. The lowest BCUT2D eigenvalue weighted by Gasteiger charge is -2.11. The molecule has 116 valence electrons. The van der Waals surface area contributed by atoms with Gasteiger partial charge in [0.25, 0.3) is 11.4 Å². The first kappa shape index (κ1) is 16.6. The third-order valence-corrected chi connectivity index (χ3v) is 2.45. The summed E-state index contributed by atoms with van der Waals surface area (Å²) in [5.41, 5.74) is -4.19. The second-order valence-corrected chi connectivity index (χ2v) is 3.91. The van der Waals surface area contributed by atoms with E-state index in [4.69, 9.17) is 5.11 Å². The lowest BCUT2D eigenvalue weighted by Crippen LogP contribution is -2.12. The van der Waals surface area contributed by atoms with E-state index in [1.807, 2.05) is 0 Å². The number of alkyl halides is 3. The van der Waals surface area contributed by atoms with Crippen LogP contribution in [0, 0.1) is 20.2 Å². The largest absolute Gasteiger partial charge is 0.416 e. The van der Waals surface area contributed by atoms with Crippen LogP contribution in [-0.4, -0.2) is 28.1 Å². The van der Waals surface area contributed by atoms with E-state index in [0.29, 0.717) is 0 Å². The van der Waals surface area contributed by atoms with Gasteiger partial charge in [-0.05, 0) is 6.42 Å². The molecule has 0 aliphatic heterocycles. The van der Waals surface area contributed by atoms with Gasteiger partial charge in [-0.25, -0.2) is 0 Å². The fraction of sp³-hybridized carbons (Fsp3) is 0.400. The van der Waals surface area contributed by atoms with Gasteiger partial charge in [0.2, 0.25) is 0 Å². The van der Waals surface area contributed by atoms with E-state index in [2.05, 4.69) is 5.32 Å². The number of nitrogens with one attached hydrogen (secondary N) is 1. The summed E-state index contributed by atoms with van der Waals surface area (Å²) in [6, 6.07) is 0.461. The quantitative estimate of drug-likeness (QED) is 0.473. The minimum absolute atomic E-state index is 0.0659. The number of nitro groups is 2. The van der Waals surface area contributed by atoms with E-state index in [-0.39, 0.29) is 31.7 Å². The smallest absolute Gasteiger partial charge is 0.396 e. The predicted molar refractivity (Wildman–Crippen MR) is 64.9 cm³/mol. The molecular formula is C10H10F3N3O5. The molecule has 8 nitrogen and oxygen atoms in total. The molecule has 1 aromatic rings. The number of aliphatic hydroxyl groups excluding tert-OH is 1. The lowest BCUT2D eigenvalue weighted by molar-refractivity contribution is -0.392. The molecule has 2 N–H and O–H groups in total. The summed E-state index contributed by atoms with van der Waals surface area (Å²) >= 11 is 0. The van der Waals surface area contributed by atoms with Crippen molar-refractivity contribution in [1.82, 2.24) is 0 Å². The second kappa shape index (κ2) is 6.35. The molecule has 0 saturated carbocycles. The molecule has 0 atom stereocenters. The van der Waals surface area contributed by atoms with Crippen LogP contribution < -0.4 is 5.32 Å². The highest BCUT2D eigenvalue weighted by Gasteiger charge is 2.37. The van der Waals surface area contributed by atoms with E-state index in [1.54, 1.807) is 0 Å². The molecule has 0 spiro atoms. The number of anilines is 1. The van der Waals surface area contributed by atoms with Crippen molar-refractivity contribution in [3.05, 3.63) is 37.9 Å². The van der Waals surface area contributed by atoms with Crippen LogP contribution in [0.5, 0.6) is 0 Å². The van der Waals surface area contributed by atoms with Crippen LogP contribution in [0.3, 0.4) is 0 Å². The number of aliphatic hydroxyl groups is 1. The van der Waals surface area contributed by atoms with Crippen molar-refractivity contribution in [3.8, 4) is 0 Å². The van der Waals surface area contributed by atoms with Crippen molar-refractivity contribution in [3.63, 3.8) is 0 Å². The Balaban J connectivity index is 3.44. The van der Waals surface area contributed by atoms with Gasteiger partial charge < -0.3 is 10.4 Å². The molecule has 0 aromatic heterocycles. The van der Waals surface area contributed by atoms with Gasteiger partial charge >= 0.3 is 6.18 Å². The van der Waals surface area contributed by atoms with Crippen molar-refractivity contribution < 1.29 is 28.1 Å². The van der Waals surface area contributed by atoms with Crippen LogP contribution in [0.1, 0.15) is 12.0 Å². The lowest BCUT2D eigenvalue weighted by atomic mass is 10.1. The van der Waals surface area contributed by atoms with Crippen molar-refractivity contribution in [1.29, 1.82) is 0 Å². The summed E-state index contributed by atoms with van der Waals surface area (Å²) in [4.78, 5) is 19.4. The van der Waals surface area contributed by atoms with Crippen LogP contribution in [0.4, 0.5) is 30.2 Å². The van der Waals surface area contributed by atoms with Gasteiger partial charge in [-0.1, -0.05) is 0 Å². The predicted octanol–water partition coefficient (Wildman–Crippen LogP) is 2.32. The van der Waals surface area contributed by atoms with Crippen molar-refractivity contribution in [2.75, 3.05) is 18.5 Å². The number of nitro benzene ring substituents is 2. The van der Waals surface area contributed by atoms with Gasteiger partial charge in [0.15, 0.2) is 5.69 Å². The van der Waals surface area contributed by atoms with Crippen molar-refractivity contribution in [2.24, 2.45) is 0 Å². The molecule has 11 heteroatoms. The van der Waals surface area contributed by atoms with Gasteiger partial charge in [-0.2, -0.15) is 13.2 Å². The molecule has 1 aromatic carbocycles. The van der Waals surface area contributed by atoms with Crippen LogP contribution in [-0.2, 0) is 6.18 Å². The molecule has 0 amide bonds. The highest BCUT2D eigenvalue weighted by atomic mass is 19.4. The normalized spacial score (nSPS) is 11.2. The van der Waals surface area contributed by atoms with E-state index < -0.39 is 38.6 Å². The van der Waals surface area contributed by atoms with Crippen LogP contribution >= 0.6 is 0 Å². The Morgan fingerprint density at radius 2 is 1.62 bits per heavy atom. The topological polar surface area (TPSA) is 119 Å². The highest BCUT2D eigenvalue weighted by Crippen LogP contribution is 2.41. The summed E-state index contributed by atoms with van der Waals surface area (Å²) in [7, 11) is 0. The Bertz CT molecular complexity index is 526. The van der Waals surface area contributed by atoms with Crippen molar-refractivity contribution >= 4 is 17.1 Å². The fourth-order valence-electron chi connectivity index (χ4n) is 1.54. The van der Waals surface area contributed by atoms with Gasteiger partial charge in [0, 0.05) is 25.3 Å². The third kappa shape index (κ3) is 4.02.